The Morgan fingerprint density at radius 2 is 1.89 bits per heavy atom. The lowest BCUT2D eigenvalue weighted by Gasteiger charge is -2.18. The van der Waals surface area contributed by atoms with E-state index < -0.39 is 12.0 Å². The van der Waals surface area contributed by atoms with Crippen LogP contribution in [0.15, 0.2) is 15.9 Å². The molecule has 0 saturated carbocycles. The van der Waals surface area contributed by atoms with Crippen LogP contribution in [0.3, 0.4) is 0 Å². The van der Waals surface area contributed by atoms with Crippen LogP contribution in [-0.2, 0) is 30.2 Å². The molecule has 2 N–H and O–H groups in total. The fraction of sp³-hybridized carbons (Fsp3) is 0.667. The molecule has 0 amide bonds. The van der Waals surface area contributed by atoms with Crippen molar-refractivity contribution >= 4 is 17.1 Å². The van der Waals surface area contributed by atoms with Crippen LogP contribution in [0, 0.1) is 5.92 Å². The van der Waals surface area contributed by atoms with Gasteiger partial charge < -0.3 is 15.0 Å². The predicted octanol–water partition coefficient (Wildman–Crippen LogP) is 0.519. The van der Waals surface area contributed by atoms with Crippen molar-refractivity contribution in [1.82, 2.24) is 18.7 Å². The zero-order valence-corrected chi connectivity index (χ0v) is 16.6. The molecule has 0 radical (unpaired) electrons. The SMILES string of the molecule is CC(CCCCn1c(=O)c2c(ncn2C)n(C)c1=O)OC(=O)C(N)C(C)C. The summed E-state index contributed by atoms with van der Waals surface area (Å²) >= 11 is 0. The maximum absolute atomic E-state index is 12.6. The van der Waals surface area contributed by atoms with Gasteiger partial charge in [-0.05, 0) is 32.1 Å². The minimum absolute atomic E-state index is 0.0229. The highest BCUT2D eigenvalue weighted by Gasteiger charge is 2.21. The normalized spacial score (nSPS) is 13.9. The van der Waals surface area contributed by atoms with Crippen molar-refractivity contribution < 1.29 is 9.53 Å². The summed E-state index contributed by atoms with van der Waals surface area (Å²) in [4.78, 5) is 41.0. The zero-order chi connectivity index (χ0) is 20.3. The molecule has 2 rings (SSSR count). The summed E-state index contributed by atoms with van der Waals surface area (Å²) in [5.41, 5.74) is 5.85. The van der Waals surface area contributed by atoms with Crippen molar-refractivity contribution in [2.24, 2.45) is 25.7 Å². The Labute approximate surface area is 157 Å². The minimum Gasteiger partial charge on any atom is -0.462 e. The molecule has 2 aromatic heterocycles. The van der Waals surface area contributed by atoms with E-state index in [0.717, 1.165) is 0 Å². The number of unbranched alkanes of at least 4 members (excludes halogenated alkanes) is 1. The lowest BCUT2D eigenvalue weighted by atomic mass is 10.1. The molecule has 0 aliphatic heterocycles. The number of nitrogens with zero attached hydrogens (tertiary/aromatic N) is 4. The Bertz CT molecular complexity index is 924. The number of ether oxygens (including phenoxy) is 1. The molecule has 150 valence electrons. The second-order valence-corrected chi connectivity index (χ2v) is 7.34. The molecular formula is C18H29N5O4. The van der Waals surface area contributed by atoms with E-state index in [1.54, 1.807) is 18.7 Å². The third-order valence-corrected chi connectivity index (χ3v) is 4.75. The summed E-state index contributed by atoms with van der Waals surface area (Å²) in [6.07, 6.45) is 3.23. The van der Waals surface area contributed by atoms with Gasteiger partial charge in [0.25, 0.3) is 5.56 Å². The number of fused-ring (bicyclic) bond motifs is 1. The number of aromatic nitrogens is 4. The Hall–Kier alpha value is -2.42. The fourth-order valence-corrected chi connectivity index (χ4v) is 2.90. The van der Waals surface area contributed by atoms with Gasteiger partial charge in [0.2, 0.25) is 0 Å². The average Bonchev–Trinajstić information content (AvgIpc) is 3.00. The first-order chi connectivity index (χ1) is 12.6. The number of aryl methyl sites for hydroxylation is 2. The summed E-state index contributed by atoms with van der Waals surface area (Å²) in [7, 11) is 3.33. The highest BCUT2D eigenvalue weighted by atomic mass is 16.5. The van der Waals surface area contributed by atoms with Crippen LogP contribution in [-0.4, -0.2) is 36.8 Å². The Kier molecular flexibility index (Phi) is 6.59. The highest BCUT2D eigenvalue weighted by molar-refractivity contribution is 5.75. The maximum atomic E-state index is 12.6. The Morgan fingerprint density at radius 3 is 2.52 bits per heavy atom. The van der Waals surface area contributed by atoms with Gasteiger partial charge >= 0.3 is 11.7 Å². The molecule has 2 aromatic rings. The number of hydrogen-bond acceptors (Lipinski definition) is 6. The van der Waals surface area contributed by atoms with Crippen LogP contribution in [0.25, 0.3) is 11.2 Å². The number of carbonyl (C=O) groups is 1. The van der Waals surface area contributed by atoms with Gasteiger partial charge in [0.05, 0.1) is 12.4 Å². The molecular weight excluding hydrogens is 350 g/mol. The van der Waals surface area contributed by atoms with Crippen molar-refractivity contribution in [3.63, 3.8) is 0 Å². The van der Waals surface area contributed by atoms with E-state index in [1.807, 2.05) is 20.8 Å². The molecule has 2 unspecified atom stereocenters. The van der Waals surface area contributed by atoms with Crippen molar-refractivity contribution in [3.8, 4) is 0 Å². The van der Waals surface area contributed by atoms with Gasteiger partial charge in [0.15, 0.2) is 11.2 Å². The third-order valence-electron chi connectivity index (χ3n) is 4.75. The highest BCUT2D eigenvalue weighted by Crippen LogP contribution is 2.09. The van der Waals surface area contributed by atoms with E-state index in [9.17, 15) is 14.4 Å². The van der Waals surface area contributed by atoms with Crippen LogP contribution in [0.4, 0.5) is 0 Å². The van der Waals surface area contributed by atoms with E-state index in [-0.39, 0.29) is 23.3 Å². The van der Waals surface area contributed by atoms with Gasteiger partial charge in [-0.3, -0.25) is 18.7 Å². The van der Waals surface area contributed by atoms with Gasteiger partial charge in [-0.25, -0.2) is 9.78 Å². The van der Waals surface area contributed by atoms with Crippen molar-refractivity contribution in [2.45, 2.75) is 58.7 Å². The summed E-state index contributed by atoms with van der Waals surface area (Å²) in [6.45, 7) is 5.86. The number of carbonyl (C=O) groups excluding carboxylic acids is 1. The summed E-state index contributed by atoms with van der Waals surface area (Å²) in [5, 5.41) is 0. The molecule has 27 heavy (non-hydrogen) atoms. The molecule has 0 saturated heterocycles. The van der Waals surface area contributed by atoms with Crippen LogP contribution in [0.5, 0.6) is 0 Å². The van der Waals surface area contributed by atoms with Crippen LogP contribution < -0.4 is 17.0 Å². The maximum Gasteiger partial charge on any atom is 0.332 e. The van der Waals surface area contributed by atoms with Crippen molar-refractivity contribution in [1.29, 1.82) is 0 Å². The van der Waals surface area contributed by atoms with E-state index in [4.69, 9.17) is 10.5 Å². The van der Waals surface area contributed by atoms with E-state index in [0.29, 0.717) is 37.0 Å². The lowest BCUT2D eigenvalue weighted by Crippen LogP contribution is -2.39. The third kappa shape index (κ3) is 4.47. The van der Waals surface area contributed by atoms with E-state index in [2.05, 4.69) is 4.98 Å². The van der Waals surface area contributed by atoms with Gasteiger partial charge in [0, 0.05) is 20.6 Å². The lowest BCUT2D eigenvalue weighted by molar-refractivity contribution is -0.151. The van der Waals surface area contributed by atoms with Crippen LogP contribution in [0.1, 0.15) is 40.0 Å². The number of nitrogens with two attached hydrogens (primary N) is 1. The molecule has 0 spiro atoms. The van der Waals surface area contributed by atoms with Crippen LogP contribution >= 0.6 is 0 Å². The standard InChI is InChI=1S/C18H29N5O4/c1-11(2)13(19)17(25)27-12(3)8-6-7-9-23-16(24)14-15(20-10-21(14)4)22(5)18(23)26/h10-13H,6-9,19H2,1-5H3. The first-order valence-corrected chi connectivity index (χ1v) is 9.22. The Morgan fingerprint density at radius 1 is 1.22 bits per heavy atom. The first kappa shape index (κ1) is 20.9. The van der Waals surface area contributed by atoms with E-state index >= 15 is 0 Å². The van der Waals surface area contributed by atoms with Gasteiger partial charge in [-0.15, -0.1) is 0 Å². The smallest absolute Gasteiger partial charge is 0.332 e. The molecule has 0 bridgehead atoms. The first-order valence-electron chi connectivity index (χ1n) is 9.22. The van der Waals surface area contributed by atoms with Gasteiger partial charge in [-0.2, -0.15) is 0 Å². The second kappa shape index (κ2) is 8.51. The summed E-state index contributed by atoms with van der Waals surface area (Å²) in [6, 6.07) is -0.625. The molecule has 0 aliphatic rings. The zero-order valence-electron chi connectivity index (χ0n) is 16.6. The minimum atomic E-state index is -0.625. The largest absolute Gasteiger partial charge is 0.462 e. The van der Waals surface area contributed by atoms with Crippen molar-refractivity contribution in [2.75, 3.05) is 0 Å². The van der Waals surface area contributed by atoms with Gasteiger partial charge in [0.1, 0.15) is 6.04 Å². The van der Waals surface area contributed by atoms with Crippen LogP contribution in [0.2, 0.25) is 0 Å². The molecule has 9 heteroatoms. The Balaban J connectivity index is 1.96. The molecule has 9 nitrogen and oxygen atoms in total. The average molecular weight is 379 g/mol. The van der Waals surface area contributed by atoms with Gasteiger partial charge in [-0.1, -0.05) is 13.8 Å². The van der Waals surface area contributed by atoms with E-state index in [1.165, 1.54) is 15.5 Å². The molecule has 0 fully saturated rings. The topological polar surface area (TPSA) is 114 Å². The summed E-state index contributed by atoms with van der Waals surface area (Å²) < 4.78 is 9.58. The number of imidazole rings is 1. The molecule has 2 heterocycles. The number of hydrogen-bond donors (Lipinski definition) is 1. The molecule has 0 aromatic carbocycles. The summed E-state index contributed by atoms with van der Waals surface area (Å²) in [5.74, 6) is -0.376. The molecule has 2 atom stereocenters. The number of rotatable bonds is 8. The second-order valence-electron chi connectivity index (χ2n) is 7.34. The fourth-order valence-electron chi connectivity index (χ4n) is 2.90. The quantitative estimate of drug-likeness (QED) is 0.528. The molecule has 0 aliphatic carbocycles. The van der Waals surface area contributed by atoms with Crippen molar-refractivity contribution in [3.05, 3.63) is 27.2 Å². The monoisotopic (exact) mass is 379 g/mol. The predicted molar refractivity (Wildman–Crippen MR) is 102 cm³/mol. The number of esters is 1.